The lowest BCUT2D eigenvalue weighted by Crippen LogP contribution is -2.29. The molecule has 1 aromatic heterocycles. The number of hydrogen-bond acceptors (Lipinski definition) is 4. The molecular weight excluding hydrogens is 262 g/mol. The molecule has 0 radical (unpaired) electrons. The summed E-state index contributed by atoms with van der Waals surface area (Å²) in [5, 5.41) is 0. The third-order valence-electron chi connectivity index (χ3n) is 2.41. The van der Waals surface area contributed by atoms with E-state index in [0.29, 0.717) is 5.82 Å². The van der Waals surface area contributed by atoms with Gasteiger partial charge in [0, 0.05) is 11.8 Å². The highest BCUT2D eigenvalue weighted by Gasteiger charge is 2.14. The molecule has 0 bridgehead atoms. The second kappa shape index (κ2) is 6.10. The van der Waals surface area contributed by atoms with E-state index in [1.165, 1.54) is 0 Å². The number of carbonyl (C=O) groups is 1. The van der Waals surface area contributed by atoms with Crippen molar-refractivity contribution in [2.45, 2.75) is 6.61 Å². The van der Waals surface area contributed by atoms with Gasteiger partial charge in [-0.1, -0.05) is 37.1 Å². The van der Waals surface area contributed by atoms with Crippen molar-refractivity contribution < 1.29 is 9.53 Å². The fourth-order valence-corrected chi connectivity index (χ4v) is 1.70. The molecule has 0 spiro atoms. The highest BCUT2D eigenvalue weighted by Crippen LogP contribution is 2.20. The Hall–Kier alpha value is -2.21. The van der Waals surface area contributed by atoms with Crippen LogP contribution in [0.1, 0.15) is 5.56 Å². The second-order valence-electron chi connectivity index (χ2n) is 3.74. The zero-order chi connectivity index (χ0) is 13.7. The molecule has 6 heteroatoms. The van der Waals surface area contributed by atoms with Crippen molar-refractivity contribution in [1.29, 1.82) is 0 Å². The molecule has 0 fully saturated rings. The summed E-state index contributed by atoms with van der Waals surface area (Å²) in [5.74, 6) is 1.11. The molecule has 0 atom stereocenters. The summed E-state index contributed by atoms with van der Waals surface area (Å²) in [5.41, 5.74) is 5.90. The van der Waals surface area contributed by atoms with Crippen LogP contribution in [0.4, 0.5) is 10.6 Å². The van der Waals surface area contributed by atoms with Gasteiger partial charge in [0.1, 0.15) is 12.4 Å². The molecule has 0 aliphatic carbocycles. The summed E-state index contributed by atoms with van der Waals surface area (Å²) in [4.78, 5) is 15.2. The van der Waals surface area contributed by atoms with E-state index in [4.69, 9.17) is 10.5 Å². The Morgan fingerprint density at radius 2 is 2.00 bits per heavy atom. The molecule has 0 aliphatic heterocycles. The van der Waals surface area contributed by atoms with Crippen LogP contribution < -0.4 is 14.8 Å². The molecule has 0 saturated carbocycles. The van der Waals surface area contributed by atoms with Crippen LogP contribution in [0, 0.1) is 0 Å². The fourth-order valence-electron chi connectivity index (χ4n) is 1.52. The molecule has 5 nitrogen and oxygen atoms in total. The van der Waals surface area contributed by atoms with Gasteiger partial charge in [0.25, 0.3) is 0 Å². The Morgan fingerprint density at radius 1 is 1.26 bits per heavy atom. The highest BCUT2D eigenvalue weighted by molar-refractivity contribution is 7.82. The molecule has 2 rings (SSSR count). The number of nitrogens with zero attached hydrogens (tertiary/aromatic N) is 2. The normalized spacial score (nSPS) is 9.95. The Morgan fingerprint density at radius 3 is 2.68 bits per heavy atom. The number of aromatic nitrogens is 1. The fraction of sp³-hybridized carbons (Fsp3) is 0.0769. The lowest BCUT2D eigenvalue weighted by Gasteiger charge is -2.15. The molecule has 2 amide bonds. The quantitative estimate of drug-likeness (QED) is 0.842. The lowest BCUT2D eigenvalue weighted by molar-refractivity contribution is 0.257. The average molecular weight is 275 g/mol. The van der Waals surface area contributed by atoms with Crippen LogP contribution in [-0.4, -0.2) is 11.0 Å². The third kappa shape index (κ3) is 3.38. The summed E-state index contributed by atoms with van der Waals surface area (Å²) in [6, 6.07) is 12.2. The minimum absolute atomic E-state index is 0.275. The van der Waals surface area contributed by atoms with E-state index in [1.807, 2.05) is 30.3 Å². The van der Waals surface area contributed by atoms with Crippen LogP contribution in [0.25, 0.3) is 0 Å². The SMILES string of the molecule is NC(=O)N(S)c1ncccc1COc1ccccc1. The van der Waals surface area contributed by atoms with E-state index in [-0.39, 0.29) is 6.61 Å². The molecule has 1 heterocycles. The molecule has 98 valence electrons. The second-order valence-corrected chi connectivity index (χ2v) is 4.14. The topological polar surface area (TPSA) is 68.5 Å². The van der Waals surface area contributed by atoms with Crippen LogP contribution >= 0.6 is 12.8 Å². The first-order valence-electron chi connectivity index (χ1n) is 5.58. The van der Waals surface area contributed by atoms with Crippen molar-refractivity contribution in [1.82, 2.24) is 4.98 Å². The Bertz CT molecular complexity index is 563. The van der Waals surface area contributed by atoms with Gasteiger partial charge >= 0.3 is 6.03 Å². The van der Waals surface area contributed by atoms with Gasteiger partial charge in [-0.2, -0.15) is 0 Å². The van der Waals surface area contributed by atoms with E-state index in [9.17, 15) is 4.79 Å². The minimum atomic E-state index is -0.692. The monoisotopic (exact) mass is 275 g/mol. The predicted octanol–water partition coefficient (Wildman–Crippen LogP) is 2.39. The zero-order valence-corrected chi connectivity index (χ0v) is 11.0. The van der Waals surface area contributed by atoms with E-state index in [2.05, 4.69) is 17.8 Å². The van der Waals surface area contributed by atoms with E-state index >= 15 is 0 Å². The molecule has 2 N–H and O–H groups in total. The number of carbonyl (C=O) groups excluding carboxylic acids is 1. The summed E-state index contributed by atoms with van der Waals surface area (Å²) in [7, 11) is 0. The van der Waals surface area contributed by atoms with Crippen molar-refractivity contribution in [2.75, 3.05) is 4.31 Å². The minimum Gasteiger partial charge on any atom is -0.489 e. The summed E-state index contributed by atoms with van der Waals surface area (Å²) < 4.78 is 6.60. The number of rotatable bonds is 4. The number of benzene rings is 1. The van der Waals surface area contributed by atoms with Gasteiger partial charge in [0.05, 0.1) is 0 Å². The maximum absolute atomic E-state index is 11.1. The highest BCUT2D eigenvalue weighted by atomic mass is 32.1. The number of urea groups is 1. The van der Waals surface area contributed by atoms with Gasteiger partial charge in [-0.05, 0) is 18.2 Å². The van der Waals surface area contributed by atoms with Crippen LogP contribution in [-0.2, 0) is 6.61 Å². The zero-order valence-electron chi connectivity index (χ0n) is 10.1. The van der Waals surface area contributed by atoms with E-state index in [1.54, 1.807) is 18.3 Å². The van der Waals surface area contributed by atoms with Gasteiger partial charge < -0.3 is 10.5 Å². The molecule has 0 unspecified atom stereocenters. The summed E-state index contributed by atoms with van der Waals surface area (Å²) in [6.45, 7) is 0.275. The largest absolute Gasteiger partial charge is 0.489 e. The number of para-hydroxylation sites is 1. The number of ether oxygens (including phenoxy) is 1. The number of amides is 2. The van der Waals surface area contributed by atoms with E-state index < -0.39 is 6.03 Å². The van der Waals surface area contributed by atoms with Gasteiger partial charge in [0.2, 0.25) is 0 Å². The van der Waals surface area contributed by atoms with Crippen molar-refractivity contribution in [3.05, 3.63) is 54.2 Å². The van der Waals surface area contributed by atoms with Crippen LogP contribution in [0.5, 0.6) is 5.75 Å². The lowest BCUT2D eigenvalue weighted by atomic mass is 10.2. The van der Waals surface area contributed by atoms with Crippen molar-refractivity contribution >= 4 is 24.7 Å². The molecule has 2 aromatic rings. The number of thiol groups is 1. The van der Waals surface area contributed by atoms with Gasteiger partial charge in [-0.15, -0.1) is 0 Å². The molecule has 19 heavy (non-hydrogen) atoms. The first-order valence-corrected chi connectivity index (χ1v) is 5.98. The average Bonchev–Trinajstić information content (AvgIpc) is 2.45. The standard InChI is InChI=1S/C13H13N3O2S/c14-13(17)16(19)12-10(5-4-8-15-12)9-18-11-6-2-1-3-7-11/h1-8,19H,9H2,(H2,14,17). The van der Waals surface area contributed by atoms with Crippen LogP contribution in [0.15, 0.2) is 48.7 Å². The van der Waals surface area contributed by atoms with Crippen LogP contribution in [0.3, 0.4) is 0 Å². The smallest absolute Gasteiger partial charge is 0.330 e. The number of primary amides is 1. The Labute approximate surface area is 116 Å². The molecule has 0 saturated heterocycles. The molecular formula is C13H13N3O2S. The third-order valence-corrected chi connectivity index (χ3v) is 2.80. The molecule has 0 aliphatic rings. The van der Waals surface area contributed by atoms with Crippen LogP contribution in [0.2, 0.25) is 0 Å². The van der Waals surface area contributed by atoms with Gasteiger partial charge in [-0.3, -0.25) is 0 Å². The first-order chi connectivity index (χ1) is 9.18. The van der Waals surface area contributed by atoms with Gasteiger partial charge in [-0.25, -0.2) is 14.1 Å². The van der Waals surface area contributed by atoms with E-state index in [0.717, 1.165) is 15.6 Å². The maximum Gasteiger partial charge on any atom is 0.330 e. The van der Waals surface area contributed by atoms with Crippen molar-refractivity contribution in [2.24, 2.45) is 5.73 Å². The summed E-state index contributed by atoms with van der Waals surface area (Å²) in [6.07, 6.45) is 1.56. The first kappa shape index (κ1) is 13.2. The van der Waals surface area contributed by atoms with Crippen molar-refractivity contribution in [3.8, 4) is 5.75 Å². The Balaban J connectivity index is 2.14. The number of anilines is 1. The number of hydrogen-bond donors (Lipinski definition) is 2. The maximum atomic E-state index is 11.1. The predicted molar refractivity (Wildman–Crippen MR) is 76.1 cm³/mol. The Kier molecular flexibility index (Phi) is 4.25. The number of pyridine rings is 1. The summed E-state index contributed by atoms with van der Waals surface area (Å²) >= 11 is 4.01. The van der Waals surface area contributed by atoms with Gasteiger partial charge in [0.15, 0.2) is 5.82 Å². The molecule has 1 aromatic carbocycles. The number of nitrogens with two attached hydrogens (primary N) is 1. The van der Waals surface area contributed by atoms with Crippen molar-refractivity contribution in [3.63, 3.8) is 0 Å².